The van der Waals surface area contributed by atoms with Gasteiger partial charge in [0.1, 0.15) is 0 Å². The van der Waals surface area contributed by atoms with E-state index in [1.807, 2.05) is 23.5 Å². The van der Waals surface area contributed by atoms with Crippen LogP contribution in [-0.4, -0.2) is 9.49 Å². The van der Waals surface area contributed by atoms with Crippen LogP contribution in [0.25, 0.3) is 36.5 Å². The molecule has 0 aromatic heterocycles. The van der Waals surface area contributed by atoms with Gasteiger partial charge in [-0.25, -0.2) is 0 Å². The van der Waals surface area contributed by atoms with Crippen molar-refractivity contribution >= 4 is 60.0 Å². The van der Waals surface area contributed by atoms with E-state index in [4.69, 9.17) is 0 Å². The van der Waals surface area contributed by atoms with Crippen LogP contribution in [0.4, 0.5) is 0 Å². The summed E-state index contributed by atoms with van der Waals surface area (Å²) in [6.07, 6.45) is 13.0. The maximum atomic E-state index is 2.24. The van der Waals surface area contributed by atoms with Gasteiger partial charge in [0.15, 0.2) is 0 Å². The molecule has 0 unspecified atom stereocenters. The molecule has 0 heterocycles. The van der Waals surface area contributed by atoms with Crippen molar-refractivity contribution < 1.29 is 0 Å². The van der Waals surface area contributed by atoms with Crippen LogP contribution in [0.5, 0.6) is 0 Å². The van der Waals surface area contributed by atoms with Crippen molar-refractivity contribution in [1.82, 2.24) is 0 Å². The lowest BCUT2D eigenvalue weighted by atomic mass is 10.1. The molecule has 0 aliphatic heterocycles. The molecule has 0 amide bonds. The molecule has 204 valence electrons. The summed E-state index contributed by atoms with van der Waals surface area (Å²) < 4.78 is 0.459. The lowest BCUT2D eigenvalue weighted by Gasteiger charge is -2.17. The molecule has 0 saturated heterocycles. The Morgan fingerprint density at radius 2 is 0.500 bits per heavy atom. The first-order valence-corrected chi connectivity index (χ1v) is 15.5. The van der Waals surface area contributed by atoms with Gasteiger partial charge in [0.2, 0.25) is 0 Å². The van der Waals surface area contributed by atoms with Gasteiger partial charge >= 0.3 is 0 Å². The first kappa shape index (κ1) is 29.8. The van der Waals surface area contributed by atoms with Crippen molar-refractivity contribution in [3.63, 3.8) is 0 Å². The summed E-state index contributed by atoms with van der Waals surface area (Å²) in [4.78, 5) is 2.62. The SMILES string of the molecule is CC(C)(C)Sc1ccc(/C=C/c2ccc(/C=C/c3ccc(/C=C/c4ccc(SC(C)(C)C)cc4)cc3)cc2)cc1. The van der Waals surface area contributed by atoms with E-state index < -0.39 is 0 Å². The number of rotatable bonds is 8. The van der Waals surface area contributed by atoms with E-state index in [0.29, 0.717) is 0 Å². The summed E-state index contributed by atoms with van der Waals surface area (Å²) >= 11 is 3.80. The van der Waals surface area contributed by atoms with Crippen LogP contribution in [0.15, 0.2) is 107 Å². The third kappa shape index (κ3) is 10.4. The summed E-state index contributed by atoms with van der Waals surface area (Å²) in [5.41, 5.74) is 7.21. The maximum absolute atomic E-state index is 2.24. The van der Waals surface area contributed by atoms with Crippen molar-refractivity contribution in [3.05, 3.63) is 130 Å². The highest BCUT2D eigenvalue weighted by Crippen LogP contribution is 2.33. The predicted octanol–water partition coefficient (Wildman–Crippen LogP) is 12.0. The molecular formula is C38H40S2. The van der Waals surface area contributed by atoms with Crippen LogP contribution in [0, 0.1) is 0 Å². The Hall–Kier alpha value is -3.20. The summed E-state index contributed by atoms with van der Waals surface area (Å²) in [5, 5.41) is 0. The fourth-order valence-electron chi connectivity index (χ4n) is 4.01. The molecule has 0 spiro atoms. The molecule has 4 aromatic rings. The van der Waals surface area contributed by atoms with Crippen molar-refractivity contribution in [2.45, 2.75) is 60.8 Å². The minimum absolute atomic E-state index is 0.230. The molecule has 0 nitrogen and oxygen atoms in total. The highest BCUT2D eigenvalue weighted by molar-refractivity contribution is 8.00. The number of benzene rings is 4. The van der Waals surface area contributed by atoms with E-state index in [9.17, 15) is 0 Å². The zero-order valence-corrected chi connectivity index (χ0v) is 26.2. The van der Waals surface area contributed by atoms with E-state index in [0.717, 1.165) is 0 Å². The van der Waals surface area contributed by atoms with Gasteiger partial charge in [0, 0.05) is 19.3 Å². The molecular weight excluding hydrogens is 521 g/mol. The molecule has 0 fully saturated rings. The van der Waals surface area contributed by atoms with Crippen molar-refractivity contribution in [1.29, 1.82) is 0 Å². The lowest BCUT2D eigenvalue weighted by Crippen LogP contribution is -2.06. The number of thioether (sulfide) groups is 2. The normalized spacial score (nSPS) is 12.7. The fraction of sp³-hybridized carbons (Fsp3) is 0.211. The maximum Gasteiger partial charge on any atom is 0.0122 e. The average molecular weight is 561 g/mol. The first-order valence-electron chi connectivity index (χ1n) is 13.8. The Labute approximate surface area is 250 Å². The molecule has 0 saturated carbocycles. The molecule has 0 aliphatic rings. The van der Waals surface area contributed by atoms with E-state index in [1.54, 1.807) is 0 Å². The Morgan fingerprint density at radius 3 is 0.675 bits per heavy atom. The molecule has 40 heavy (non-hydrogen) atoms. The van der Waals surface area contributed by atoms with Gasteiger partial charge in [-0.15, -0.1) is 23.5 Å². The molecule has 0 radical (unpaired) electrons. The van der Waals surface area contributed by atoms with Gasteiger partial charge in [-0.2, -0.15) is 0 Å². The van der Waals surface area contributed by atoms with Gasteiger partial charge in [-0.05, 0) is 57.6 Å². The lowest BCUT2D eigenvalue weighted by molar-refractivity contribution is 0.802. The topological polar surface area (TPSA) is 0 Å². The summed E-state index contributed by atoms with van der Waals surface area (Å²) in [5.74, 6) is 0. The van der Waals surface area contributed by atoms with Gasteiger partial charge < -0.3 is 0 Å². The van der Waals surface area contributed by atoms with Crippen molar-refractivity contribution in [3.8, 4) is 0 Å². The average Bonchev–Trinajstić information content (AvgIpc) is 2.91. The zero-order chi connectivity index (χ0) is 28.6. The van der Waals surface area contributed by atoms with E-state index in [1.165, 1.54) is 43.2 Å². The summed E-state index contributed by atoms with van der Waals surface area (Å²) in [7, 11) is 0. The molecule has 0 aliphatic carbocycles. The molecule has 0 N–H and O–H groups in total. The fourth-order valence-corrected chi connectivity index (χ4v) is 5.97. The van der Waals surface area contributed by atoms with Gasteiger partial charge in [-0.3, -0.25) is 0 Å². The molecule has 0 bridgehead atoms. The summed E-state index contributed by atoms with van der Waals surface area (Å²) in [6, 6.07) is 34.9. The Kier molecular flexibility index (Phi) is 10.0. The quantitative estimate of drug-likeness (QED) is 0.155. The van der Waals surface area contributed by atoms with Crippen LogP contribution in [0.2, 0.25) is 0 Å². The van der Waals surface area contributed by atoms with E-state index in [2.05, 4.69) is 175 Å². The second kappa shape index (κ2) is 13.4. The van der Waals surface area contributed by atoms with Crippen LogP contribution >= 0.6 is 23.5 Å². The second-order valence-electron chi connectivity index (χ2n) is 11.9. The van der Waals surface area contributed by atoms with Gasteiger partial charge in [0.05, 0.1) is 0 Å². The minimum atomic E-state index is 0.230. The highest BCUT2D eigenvalue weighted by Gasteiger charge is 2.12. The van der Waals surface area contributed by atoms with Crippen molar-refractivity contribution in [2.75, 3.05) is 0 Å². The largest absolute Gasteiger partial charge is 0.120 e. The summed E-state index contributed by atoms with van der Waals surface area (Å²) in [6.45, 7) is 13.5. The Balaban J connectivity index is 1.29. The van der Waals surface area contributed by atoms with E-state index in [-0.39, 0.29) is 9.49 Å². The van der Waals surface area contributed by atoms with Gasteiger partial charge in [-0.1, -0.05) is 151 Å². The van der Waals surface area contributed by atoms with Gasteiger partial charge in [0.25, 0.3) is 0 Å². The highest BCUT2D eigenvalue weighted by atomic mass is 32.2. The van der Waals surface area contributed by atoms with Crippen LogP contribution in [0.1, 0.15) is 74.9 Å². The predicted molar refractivity (Wildman–Crippen MR) is 184 cm³/mol. The minimum Gasteiger partial charge on any atom is -0.120 e. The van der Waals surface area contributed by atoms with Crippen LogP contribution < -0.4 is 0 Å². The van der Waals surface area contributed by atoms with E-state index >= 15 is 0 Å². The monoisotopic (exact) mass is 560 g/mol. The zero-order valence-electron chi connectivity index (χ0n) is 24.5. The van der Waals surface area contributed by atoms with Crippen molar-refractivity contribution in [2.24, 2.45) is 0 Å². The van der Waals surface area contributed by atoms with Crippen LogP contribution in [-0.2, 0) is 0 Å². The molecule has 4 rings (SSSR count). The Morgan fingerprint density at radius 1 is 0.325 bits per heavy atom. The van der Waals surface area contributed by atoms with Crippen LogP contribution in [0.3, 0.4) is 0 Å². The third-order valence-corrected chi connectivity index (χ3v) is 8.13. The Bertz CT molecular complexity index is 1320. The number of hydrogen-bond acceptors (Lipinski definition) is 2. The number of hydrogen-bond donors (Lipinski definition) is 0. The smallest absolute Gasteiger partial charge is 0.0122 e. The molecule has 4 aromatic carbocycles. The molecule has 2 heteroatoms. The third-order valence-electron chi connectivity index (χ3n) is 5.89. The first-order chi connectivity index (χ1) is 19.0. The second-order valence-corrected chi connectivity index (χ2v) is 15.7. The molecule has 0 atom stereocenters. The standard InChI is InChI=1S/C38H40S2/c1-37(2,3)39-35-25-21-33(22-26-35)19-17-31-13-9-29(10-14-31)7-8-30-11-15-32(16-12-30)18-20-34-23-27-36(28-24-34)40-38(4,5)6/h7-28H,1-6H3/b8-7+,19-17+,20-18+.